The topological polar surface area (TPSA) is 61.6 Å². The summed E-state index contributed by atoms with van der Waals surface area (Å²) in [5, 5.41) is 0. The van der Waals surface area contributed by atoms with E-state index in [2.05, 4.69) is 4.74 Å². The highest BCUT2D eigenvalue weighted by atomic mass is 19.4. The van der Waals surface area contributed by atoms with Gasteiger partial charge in [0.2, 0.25) is 5.91 Å². The number of carbonyl (C=O) groups excluding carboxylic acids is 1. The van der Waals surface area contributed by atoms with Crippen molar-refractivity contribution in [2.24, 2.45) is 5.73 Å². The number of hydrogen-bond acceptors (Lipinski definition) is 3. The van der Waals surface area contributed by atoms with E-state index in [-0.39, 0.29) is 24.5 Å². The van der Waals surface area contributed by atoms with Crippen molar-refractivity contribution in [1.29, 1.82) is 0 Å². The SMILES string of the molecule is NC(=O)CCCOc1cccc(OC(F)(F)F)c1. The molecule has 1 aromatic rings. The second kappa shape index (κ2) is 6.13. The number of primary amides is 1. The Morgan fingerprint density at radius 1 is 1.28 bits per heavy atom. The van der Waals surface area contributed by atoms with E-state index in [0.29, 0.717) is 6.42 Å². The maximum Gasteiger partial charge on any atom is 0.573 e. The van der Waals surface area contributed by atoms with Crippen LogP contribution in [0.1, 0.15) is 12.8 Å². The molecule has 0 radical (unpaired) electrons. The maximum atomic E-state index is 12.0. The first-order valence-corrected chi connectivity index (χ1v) is 5.14. The van der Waals surface area contributed by atoms with Crippen LogP contribution in [0.2, 0.25) is 0 Å². The summed E-state index contributed by atoms with van der Waals surface area (Å²) >= 11 is 0. The predicted octanol–water partition coefficient (Wildman–Crippen LogP) is 2.23. The molecular weight excluding hydrogens is 251 g/mol. The van der Waals surface area contributed by atoms with E-state index >= 15 is 0 Å². The number of hydrogen-bond donors (Lipinski definition) is 1. The number of amides is 1. The molecule has 0 aliphatic carbocycles. The van der Waals surface area contributed by atoms with Gasteiger partial charge in [-0.05, 0) is 18.6 Å². The number of ether oxygens (including phenoxy) is 2. The van der Waals surface area contributed by atoms with E-state index in [1.165, 1.54) is 18.2 Å². The highest BCUT2D eigenvalue weighted by Crippen LogP contribution is 2.26. The number of nitrogens with two attached hydrogens (primary N) is 1. The molecule has 0 saturated heterocycles. The third-order valence-electron chi connectivity index (χ3n) is 1.88. The molecule has 4 nitrogen and oxygen atoms in total. The van der Waals surface area contributed by atoms with Gasteiger partial charge in [0.05, 0.1) is 6.61 Å². The van der Waals surface area contributed by atoms with Crippen LogP contribution in [0.25, 0.3) is 0 Å². The summed E-state index contributed by atoms with van der Waals surface area (Å²) < 4.78 is 44.8. The summed E-state index contributed by atoms with van der Waals surface area (Å²) in [6.07, 6.45) is -4.16. The zero-order valence-corrected chi connectivity index (χ0v) is 9.37. The summed E-state index contributed by atoms with van der Waals surface area (Å²) in [7, 11) is 0. The first kappa shape index (κ1) is 14.1. The Morgan fingerprint density at radius 3 is 2.56 bits per heavy atom. The van der Waals surface area contributed by atoms with Crippen LogP contribution in [0.5, 0.6) is 11.5 Å². The zero-order valence-electron chi connectivity index (χ0n) is 9.37. The Morgan fingerprint density at radius 2 is 1.94 bits per heavy atom. The monoisotopic (exact) mass is 263 g/mol. The van der Waals surface area contributed by atoms with Gasteiger partial charge in [-0.25, -0.2) is 0 Å². The quantitative estimate of drug-likeness (QED) is 0.800. The van der Waals surface area contributed by atoms with Crippen molar-refractivity contribution in [3.8, 4) is 11.5 Å². The minimum atomic E-state index is -4.73. The van der Waals surface area contributed by atoms with Gasteiger partial charge in [0.25, 0.3) is 0 Å². The summed E-state index contributed by atoms with van der Waals surface area (Å²) in [6.45, 7) is 0.193. The molecule has 7 heteroatoms. The van der Waals surface area contributed by atoms with Gasteiger partial charge in [-0.2, -0.15) is 0 Å². The van der Waals surface area contributed by atoms with Gasteiger partial charge in [0.1, 0.15) is 11.5 Å². The smallest absolute Gasteiger partial charge is 0.493 e. The van der Waals surface area contributed by atoms with Crippen LogP contribution in [-0.2, 0) is 4.79 Å². The fourth-order valence-corrected chi connectivity index (χ4v) is 1.20. The highest BCUT2D eigenvalue weighted by molar-refractivity contribution is 5.73. The summed E-state index contributed by atoms with van der Waals surface area (Å²) in [5.41, 5.74) is 4.93. The highest BCUT2D eigenvalue weighted by Gasteiger charge is 2.31. The molecule has 0 unspecified atom stereocenters. The molecule has 2 N–H and O–H groups in total. The van der Waals surface area contributed by atoms with Gasteiger partial charge in [-0.15, -0.1) is 13.2 Å². The summed E-state index contributed by atoms with van der Waals surface area (Å²) in [5.74, 6) is -0.566. The standard InChI is InChI=1S/C11H12F3NO3/c12-11(13,14)18-9-4-1-3-8(7-9)17-6-2-5-10(15)16/h1,3-4,7H,2,5-6H2,(H2,15,16). The summed E-state index contributed by atoms with van der Waals surface area (Å²) in [4.78, 5) is 10.4. The number of halogens is 3. The second-order valence-corrected chi connectivity index (χ2v) is 3.44. The third-order valence-corrected chi connectivity index (χ3v) is 1.88. The van der Waals surface area contributed by atoms with E-state index in [1.54, 1.807) is 0 Å². The molecule has 0 fully saturated rings. The molecule has 1 aromatic carbocycles. The van der Waals surface area contributed by atoms with Gasteiger partial charge in [0, 0.05) is 12.5 Å². The zero-order chi connectivity index (χ0) is 13.6. The third kappa shape index (κ3) is 5.97. The lowest BCUT2D eigenvalue weighted by molar-refractivity contribution is -0.274. The molecule has 0 atom stereocenters. The second-order valence-electron chi connectivity index (χ2n) is 3.44. The maximum absolute atomic E-state index is 12.0. The Kier molecular flexibility index (Phi) is 4.82. The van der Waals surface area contributed by atoms with Gasteiger partial charge in [-0.1, -0.05) is 6.07 Å². The van der Waals surface area contributed by atoms with Crippen LogP contribution >= 0.6 is 0 Å². The van der Waals surface area contributed by atoms with E-state index in [1.807, 2.05) is 0 Å². The lowest BCUT2D eigenvalue weighted by Gasteiger charge is -2.10. The van der Waals surface area contributed by atoms with Crippen LogP contribution < -0.4 is 15.2 Å². The van der Waals surface area contributed by atoms with Crippen LogP contribution in [0.3, 0.4) is 0 Å². The van der Waals surface area contributed by atoms with Crippen molar-refractivity contribution in [2.45, 2.75) is 19.2 Å². The molecule has 0 aliphatic heterocycles. The lowest BCUT2D eigenvalue weighted by atomic mass is 10.3. The molecule has 0 aromatic heterocycles. The Bertz CT molecular complexity index is 407. The Labute approximate surface area is 101 Å². The predicted molar refractivity (Wildman–Crippen MR) is 57.0 cm³/mol. The molecular formula is C11H12F3NO3. The Balaban J connectivity index is 2.47. The fraction of sp³-hybridized carbons (Fsp3) is 0.364. The van der Waals surface area contributed by atoms with Gasteiger partial charge in [0.15, 0.2) is 0 Å². The van der Waals surface area contributed by atoms with Crippen molar-refractivity contribution in [3.05, 3.63) is 24.3 Å². The van der Waals surface area contributed by atoms with Gasteiger partial charge >= 0.3 is 6.36 Å². The lowest BCUT2D eigenvalue weighted by Crippen LogP contribution is -2.17. The molecule has 0 aliphatic rings. The van der Waals surface area contributed by atoms with Crippen molar-refractivity contribution < 1.29 is 27.4 Å². The number of carbonyl (C=O) groups is 1. The van der Waals surface area contributed by atoms with E-state index in [0.717, 1.165) is 6.07 Å². The van der Waals surface area contributed by atoms with Crippen LogP contribution in [0.4, 0.5) is 13.2 Å². The van der Waals surface area contributed by atoms with Crippen LogP contribution in [-0.4, -0.2) is 18.9 Å². The molecule has 0 heterocycles. The Hall–Kier alpha value is -1.92. The van der Waals surface area contributed by atoms with Gasteiger partial charge < -0.3 is 15.2 Å². The van der Waals surface area contributed by atoms with Crippen molar-refractivity contribution in [3.63, 3.8) is 0 Å². The molecule has 100 valence electrons. The molecule has 1 amide bonds. The molecule has 0 bridgehead atoms. The van der Waals surface area contributed by atoms with E-state index in [4.69, 9.17) is 10.5 Å². The van der Waals surface area contributed by atoms with E-state index < -0.39 is 12.3 Å². The largest absolute Gasteiger partial charge is 0.573 e. The normalized spacial score (nSPS) is 11.1. The van der Waals surface area contributed by atoms with Gasteiger partial charge in [-0.3, -0.25) is 4.79 Å². The van der Waals surface area contributed by atoms with E-state index in [9.17, 15) is 18.0 Å². The molecule has 1 rings (SSSR count). The minimum absolute atomic E-state index is 0.165. The summed E-state index contributed by atoms with van der Waals surface area (Å²) in [6, 6.07) is 5.17. The average molecular weight is 263 g/mol. The average Bonchev–Trinajstić information content (AvgIpc) is 2.22. The number of benzene rings is 1. The first-order chi connectivity index (χ1) is 8.37. The minimum Gasteiger partial charge on any atom is -0.493 e. The fourth-order valence-electron chi connectivity index (χ4n) is 1.20. The van der Waals surface area contributed by atoms with Crippen molar-refractivity contribution >= 4 is 5.91 Å². The molecule has 0 spiro atoms. The number of alkyl halides is 3. The molecule has 0 saturated carbocycles. The molecule has 18 heavy (non-hydrogen) atoms. The van der Waals surface area contributed by atoms with Crippen LogP contribution in [0.15, 0.2) is 24.3 Å². The number of rotatable bonds is 6. The van der Waals surface area contributed by atoms with Crippen molar-refractivity contribution in [2.75, 3.05) is 6.61 Å². The van der Waals surface area contributed by atoms with Crippen LogP contribution in [0, 0.1) is 0 Å². The first-order valence-electron chi connectivity index (χ1n) is 5.14. The van der Waals surface area contributed by atoms with Crippen molar-refractivity contribution in [1.82, 2.24) is 0 Å².